The second-order valence-electron chi connectivity index (χ2n) is 5.80. The highest BCUT2D eigenvalue weighted by Gasteiger charge is 2.40. The van der Waals surface area contributed by atoms with Crippen molar-refractivity contribution in [1.29, 1.82) is 0 Å². The third-order valence-electron chi connectivity index (χ3n) is 4.72. The zero-order valence-electron chi connectivity index (χ0n) is 12.0. The number of aliphatic hydroxyl groups excluding tert-OH is 1. The Morgan fingerprint density at radius 2 is 1.70 bits per heavy atom. The molecule has 20 heavy (non-hydrogen) atoms. The zero-order valence-corrected chi connectivity index (χ0v) is 12.0. The standard InChI is InChI=1S/C18H22O2/c1-20-18(12-5-2-6-13-18)17(19)16-11-7-9-14-8-3-4-10-15(14)16/h3-4,7-11,17,19H,2,5-6,12-13H2,1H3. The Hall–Kier alpha value is -1.38. The van der Waals surface area contributed by atoms with E-state index in [1.807, 2.05) is 24.3 Å². The van der Waals surface area contributed by atoms with Gasteiger partial charge in [0.15, 0.2) is 0 Å². The predicted molar refractivity (Wildman–Crippen MR) is 81.7 cm³/mol. The number of rotatable bonds is 3. The summed E-state index contributed by atoms with van der Waals surface area (Å²) in [6.07, 6.45) is 4.83. The van der Waals surface area contributed by atoms with Gasteiger partial charge in [0.1, 0.15) is 6.10 Å². The van der Waals surface area contributed by atoms with E-state index >= 15 is 0 Å². The fourth-order valence-electron chi connectivity index (χ4n) is 3.51. The first-order valence-electron chi connectivity index (χ1n) is 7.48. The molecule has 1 unspecified atom stereocenters. The molecule has 0 radical (unpaired) electrons. The lowest BCUT2D eigenvalue weighted by Gasteiger charge is -2.40. The van der Waals surface area contributed by atoms with Gasteiger partial charge in [-0.1, -0.05) is 61.7 Å². The summed E-state index contributed by atoms with van der Waals surface area (Å²) in [5.74, 6) is 0. The molecular formula is C18H22O2. The van der Waals surface area contributed by atoms with Gasteiger partial charge < -0.3 is 9.84 Å². The molecular weight excluding hydrogens is 248 g/mol. The summed E-state index contributed by atoms with van der Waals surface area (Å²) in [5.41, 5.74) is 0.578. The van der Waals surface area contributed by atoms with E-state index in [4.69, 9.17) is 4.74 Å². The molecule has 0 heterocycles. The monoisotopic (exact) mass is 270 g/mol. The molecule has 2 aromatic rings. The Kier molecular flexibility index (Phi) is 3.77. The van der Waals surface area contributed by atoms with E-state index in [-0.39, 0.29) is 0 Å². The smallest absolute Gasteiger partial charge is 0.109 e. The van der Waals surface area contributed by atoms with Crippen molar-refractivity contribution in [3.63, 3.8) is 0 Å². The van der Waals surface area contributed by atoms with Crippen LogP contribution in [0.3, 0.4) is 0 Å². The maximum Gasteiger partial charge on any atom is 0.109 e. The molecule has 0 aliphatic heterocycles. The van der Waals surface area contributed by atoms with Gasteiger partial charge in [0.25, 0.3) is 0 Å². The van der Waals surface area contributed by atoms with E-state index in [1.54, 1.807) is 7.11 Å². The second-order valence-corrected chi connectivity index (χ2v) is 5.80. The summed E-state index contributed by atoms with van der Waals surface area (Å²) in [5, 5.41) is 13.3. The van der Waals surface area contributed by atoms with E-state index in [0.29, 0.717) is 0 Å². The summed E-state index contributed by atoms with van der Waals surface area (Å²) in [6, 6.07) is 14.4. The van der Waals surface area contributed by atoms with Gasteiger partial charge in [-0.3, -0.25) is 0 Å². The van der Waals surface area contributed by atoms with Crippen LogP contribution in [0.5, 0.6) is 0 Å². The lowest BCUT2D eigenvalue weighted by molar-refractivity contribution is -0.124. The van der Waals surface area contributed by atoms with Crippen molar-refractivity contribution in [2.45, 2.75) is 43.8 Å². The normalized spacial score (nSPS) is 19.9. The van der Waals surface area contributed by atoms with Gasteiger partial charge in [0.2, 0.25) is 0 Å². The molecule has 0 spiro atoms. The van der Waals surface area contributed by atoms with E-state index in [1.165, 1.54) is 11.8 Å². The molecule has 0 bridgehead atoms. The Morgan fingerprint density at radius 3 is 2.45 bits per heavy atom. The second kappa shape index (κ2) is 5.55. The average Bonchev–Trinajstić information content (AvgIpc) is 2.54. The van der Waals surface area contributed by atoms with Crippen molar-refractivity contribution < 1.29 is 9.84 Å². The van der Waals surface area contributed by atoms with Gasteiger partial charge in [-0.15, -0.1) is 0 Å². The van der Waals surface area contributed by atoms with Crippen molar-refractivity contribution in [3.8, 4) is 0 Å². The molecule has 2 nitrogen and oxygen atoms in total. The van der Waals surface area contributed by atoms with Crippen LogP contribution in [0.4, 0.5) is 0 Å². The SMILES string of the molecule is COC1(C(O)c2cccc3ccccc23)CCCCC1. The van der Waals surface area contributed by atoms with Gasteiger partial charge >= 0.3 is 0 Å². The third-order valence-corrected chi connectivity index (χ3v) is 4.72. The Labute approximate surface area is 120 Å². The summed E-state index contributed by atoms with van der Waals surface area (Å²) in [4.78, 5) is 0. The van der Waals surface area contributed by atoms with Gasteiger partial charge in [-0.05, 0) is 29.2 Å². The Balaban J connectivity index is 2.05. The number of ether oxygens (including phenoxy) is 1. The van der Waals surface area contributed by atoms with Crippen molar-refractivity contribution in [3.05, 3.63) is 48.0 Å². The number of aliphatic hydroxyl groups is 1. The van der Waals surface area contributed by atoms with Gasteiger partial charge in [0.05, 0.1) is 5.60 Å². The maximum absolute atomic E-state index is 11.0. The van der Waals surface area contributed by atoms with E-state index < -0.39 is 11.7 Å². The van der Waals surface area contributed by atoms with Crippen LogP contribution in [-0.2, 0) is 4.74 Å². The fourth-order valence-corrected chi connectivity index (χ4v) is 3.51. The van der Waals surface area contributed by atoms with Gasteiger partial charge in [-0.25, -0.2) is 0 Å². The number of fused-ring (bicyclic) bond motifs is 1. The van der Waals surface area contributed by atoms with E-state index in [0.717, 1.165) is 36.6 Å². The predicted octanol–water partition coefficient (Wildman–Crippen LogP) is 4.22. The minimum atomic E-state index is -0.557. The first kappa shape index (κ1) is 13.6. The van der Waals surface area contributed by atoms with Crippen LogP contribution in [-0.4, -0.2) is 17.8 Å². The van der Waals surface area contributed by atoms with Gasteiger partial charge in [0, 0.05) is 7.11 Å². The molecule has 1 atom stereocenters. The first-order valence-corrected chi connectivity index (χ1v) is 7.48. The first-order chi connectivity index (χ1) is 9.77. The van der Waals surface area contributed by atoms with Crippen molar-refractivity contribution in [2.75, 3.05) is 7.11 Å². The van der Waals surface area contributed by atoms with E-state index in [2.05, 4.69) is 18.2 Å². The van der Waals surface area contributed by atoms with Crippen LogP contribution < -0.4 is 0 Å². The molecule has 1 fully saturated rings. The van der Waals surface area contributed by atoms with Crippen molar-refractivity contribution >= 4 is 10.8 Å². The van der Waals surface area contributed by atoms with Crippen LogP contribution in [0.15, 0.2) is 42.5 Å². The molecule has 2 aromatic carbocycles. The molecule has 0 amide bonds. The summed E-state index contributed by atoms with van der Waals surface area (Å²) < 4.78 is 5.79. The number of hydrogen-bond acceptors (Lipinski definition) is 2. The highest BCUT2D eigenvalue weighted by atomic mass is 16.5. The van der Waals surface area contributed by atoms with E-state index in [9.17, 15) is 5.11 Å². The number of methoxy groups -OCH3 is 1. The molecule has 1 saturated carbocycles. The summed E-state index contributed by atoms with van der Waals surface area (Å²) in [6.45, 7) is 0. The molecule has 1 aliphatic rings. The minimum absolute atomic E-state index is 0.414. The van der Waals surface area contributed by atoms with Crippen LogP contribution in [0.1, 0.15) is 43.8 Å². The zero-order chi connectivity index (χ0) is 14.0. The highest BCUT2D eigenvalue weighted by molar-refractivity contribution is 5.86. The Bertz CT molecular complexity index is 579. The van der Waals surface area contributed by atoms with Crippen molar-refractivity contribution in [1.82, 2.24) is 0 Å². The average molecular weight is 270 g/mol. The Morgan fingerprint density at radius 1 is 1.00 bits per heavy atom. The quantitative estimate of drug-likeness (QED) is 0.904. The minimum Gasteiger partial charge on any atom is -0.385 e. The lowest BCUT2D eigenvalue weighted by atomic mass is 9.77. The lowest BCUT2D eigenvalue weighted by Crippen LogP contribution is -2.40. The largest absolute Gasteiger partial charge is 0.385 e. The number of hydrogen-bond donors (Lipinski definition) is 1. The number of benzene rings is 2. The summed E-state index contributed by atoms with van der Waals surface area (Å²) in [7, 11) is 1.74. The van der Waals surface area contributed by atoms with Gasteiger partial charge in [-0.2, -0.15) is 0 Å². The van der Waals surface area contributed by atoms with Crippen LogP contribution in [0, 0.1) is 0 Å². The van der Waals surface area contributed by atoms with Crippen LogP contribution in [0.2, 0.25) is 0 Å². The van der Waals surface area contributed by atoms with Crippen molar-refractivity contribution in [2.24, 2.45) is 0 Å². The molecule has 106 valence electrons. The summed E-state index contributed by atoms with van der Waals surface area (Å²) >= 11 is 0. The molecule has 1 aliphatic carbocycles. The fraction of sp³-hybridized carbons (Fsp3) is 0.444. The molecule has 3 rings (SSSR count). The maximum atomic E-state index is 11.0. The molecule has 2 heteroatoms. The topological polar surface area (TPSA) is 29.5 Å². The molecule has 0 saturated heterocycles. The van der Waals surface area contributed by atoms with Crippen LogP contribution >= 0.6 is 0 Å². The third kappa shape index (κ3) is 2.23. The van der Waals surface area contributed by atoms with Crippen LogP contribution in [0.25, 0.3) is 10.8 Å². The molecule has 1 N–H and O–H groups in total. The highest BCUT2D eigenvalue weighted by Crippen LogP contribution is 2.42. The molecule has 0 aromatic heterocycles.